The van der Waals surface area contributed by atoms with E-state index in [0.29, 0.717) is 6.61 Å². The van der Waals surface area contributed by atoms with Gasteiger partial charge in [0.25, 0.3) is 0 Å². The van der Waals surface area contributed by atoms with Gasteiger partial charge in [-0.15, -0.1) is 0 Å². The largest absolute Gasteiger partial charge is 0.481 e. The summed E-state index contributed by atoms with van der Waals surface area (Å²) in [6.07, 6.45) is 3.32. The second-order valence-corrected chi connectivity index (χ2v) is 5.95. The molecule has 6 nitrogen and oxygen atoms in total. The number of carboxylic acid groups (broad SMARTS) is 1. The summed E-state index contributed by atoms with van der Waals surface area (Å²) < 4.78 is 5.03. The summed E-state index contributed by atoms with van der Waals surface area (Å²) in [5.74, 6) is -0.877. The average Bonchev–Trinajstić information content (AvgIpc) is 2.62. The SMILES string of the molecule is COCC(C)(C)NC(=O)NC1(CC(=O)O)CCCC1. The number of carbonyl (C=O) groups is 2. The van der Waals surface area contributed by atoms with E-state index in [1.165, 1.54) is 0 Å². The molecule has 0 radical (unpaired) electrons. The number of carbonyl (C=O) groups excluding carboxylic acids is 1. The molecule has 3 N–H and O–H groups in total. The molecule has 1 rings (SSSR count). The summed E-state index contributed by atoms with van der Waals surface area (Å²) in [7, 11) is 1.57. The molecule has 6 heteroatoms. The molecule has 1 aliphatic carbocycles. The number of nitrogens with one attached hydrogen (secondary N) is 2. The second-order valence-electron chi connectivity index (χ2n) is 5.95. The van der Waals surface area contributed by atoms with E-state index in [0.717, 1.165) is 25.7 Å². The van der Waals surface area contributed by atoms with Gasteiger partial charge in [0.1, 0.15) is 0 Å². The van der Waals surface area contributed by atoms with E-state index < -0.39 is 17.0 Å². The lowest BCUT2D eigenvalue weighted by atomic mass is 9.93. The maximum Gasteiger partial charge on any atom is 0.315 e. The number of hydrogen-bond donors (Lipinski definition) is 3. The fourth-order valence-corrected chi connectivity index (χ4v) is 2.66. The van der Waals surface area contributed by atoms with Crippen LogP contribution in [0.4, 0.5) is 4.79 Å². The molecule has 0 unspecified atom stereocenters. The van der Waals surface area contributed by atoms with Crippen molar-refractivity contribution in [2.75, 3.05) is 13.7 Å². The Labute approximate surface area is 113 Å². The van der Waals surface area contributed by atoms with E-state index in [4.69, 9.17) is 9.84 Å². The number of aliphatic carboxylic acids is 1. The van der Waals surface area contributed by atoms with E-state index in [9.17, 15) is 9.59 Å². The van der Waals surface area contributed by atoms with Crippen molar-refractivity contribution in [1.29, 1.82) is 0 Å². The van der Waals surface area contributed by atoms with Crippen LogP contribution in [0.3, 0.4) is 0 Å². The zero-order valence-electron chi connectivity index (χ0n) is 11.9. The van der Waals surface area contributed by atoms with Gasteiger partial charge in [0.2, 0.25) is 0 Å². The van der Waals surface area contributed by atoms with Gasteiger partial charge in [0, 0.05) is 7.11 Å². The Kier molecular flexibility index (Phi) is 5.17. The normalized spacial score (nSPS) is 18.1. The maximum atomic E-state index is 12.0. The number of amides is 2. The van der Waals surface area contributed by atoms with Crippen molar-refractivity contribution in [1.82, 2.24) is 10.6 Å². The summed E-state index contributed by atoms with van der Waals surface area (Å²) in [5.41, 5.74) is -1.08. The molecular formula is C13H24N2O4. The lowest BCUT2D eigenvalue weighted by Gasteiger charge is -2.32. The highest BCUT2D eigenvalue weighted by molar-refractivity contribution is 5.77. The number of carboxylic acids is 1. The molecule has 1 aliphatic rings. The summed E-state index contributed by atoms with van der Waals surface area (Å²) in [6.45, 7) is 4.11. The van der Waals surface area contributed by atoms with E-state index >= 15 is 0 Å². The first-order valence-corrected chi connectivity index (χ1v) is 6.60. The fraction of sp³-hybridized carbons (Fsp3) is 0.846. The van der Waals surface area contributed by atoms with Gasteiger partial charge in [-0.3, -0.25) is 4.79 Å². The highest BCUT2D eigenvalue weighted by Gasteiger charge is 2.38. The average molecular weight is 272 g/mol. The monoisotopic (exact) mass is 272 g/mol. The van der Waals surface area contributed by atoms with Crippen LogP contribution in [0.5, 0.6) is 0 Å². The zero-order valence-corrected chi connectivity index (χ0v) is 11.9. The molecule has 0 bridgehead atoms. The number of ether oxygens (including phenoxy) is 1. The first-order chi connectivity index (χ1) is 8.79. The van der Waals surface area contributed by atoms with Crippen molar-refractivity contribution in [3.8, 4) is 0 Å². The molecule has 0 atom stereocenters. The van der Waals surface area contributed by atoms with Crippen LogP contribution in [0, 0.1) is 0 Å². The first kappa shape index (κ1) is 15.8. The molecular weight excluding hydrogens is 248 g/mol. The van der Waals surface area contributed by atoms with Gasteiger partial charge in [-0.1, -0.05) is 12.8 Å². The van der Waals surface area contributed by atoms with E-state index in [1.54, 1.807) is 7.11 Å². The van der Waals surface area contributed by atoms with Gasteiger partial charge in [0.05, 0.1) is 24.1 Å². The number of methoxy groups -OCH3 is 1. The van der Waals surface area contributed by atoms with Gasteiger partial charge < -0.3 is 20.5 Å². The van der Waals surface area contributed by atoms with Crippen molar-refractivity contribution in [2.45, 2.75) is 57.0 Å². The third-order valence-electron chi connectivity index (χ3n) is 3.39. The maximum absolute atomic E-state index is 12.0. The van der Waals surface area contributed by atoms with Crippen molar-refractivity contribution in [3.63, 3.8) is 0 Å². The number of urea groups is 1. The van der Waals surface area contributed by atoms with Crippen LogP contribution < -0.4 is 10.6 Å². The van der Waals surface area contributed by atoms with Gasteiger partial charge in [-0.2, -0.15) is 0 Å². The highest BCUT2D eigenvalue weighted by Crippen LogP contribution is 2.32. The Morgan fingerprint density at radius 3 is 2.37 bits per heavy atom. The quantitative estimate of drug-likeness (QED) is 0.683. The molecule has 0 aromatic heterocycles. The van der Waals surface area contributed by atoms with Crippen LogP contribution in [0.25, 0.3) is 0 Å². The molecule has 0 saturated heterocycles. The summed E-state index contributed by atoms with van der Waals surface area (Å²) >= 11 is 0. The van der Waals surface area contributed by atoms with Crippen molar-refractivity contribution in [3.05, 3.63) is 0 Å². The summed E-state index contributed by atoms with van der Waals surface area (Å²) in [6, 6.07) is -0.329. The van der Waals surface area contributed by atoms with Crippen LogP contribution in [-0.4, -0.2) is 41.9 Å². The van der Waals surface area contributed by atoms with Gasteiger partial charge in [-0.25, -0.2) is 4.79 Å². The van der Waals surface area contributed by atoms with Gasteiger partial charge >= 0.3 is 12.0 Å². The molecule has 2 amide bonds. The van der Waals surface area contributed by atoms with Crippen molar-refractivity contribution in [2.24, 2.45) is 0 Å². The molecule has 0 aromatic rings. The lowest BCUT2D eigenvalue weighted by molar-refractivity contribution is -0.138. The standard InChI is InChI=1S/C13H24N2O4/c1-12(2,9-19-3)14-11(18)15-13(8-10(16)17)6-4-5-7-13/h4-9H2,1-3H3,(H,16,17)(H2,14,15,18). The van der Waals surface area contributed by atoms with Crippen LogP contribution in [0.15, 0.2) is 0 Å². The lowest BCUT2D eigenvalue weighted by Crippen LogP contribution is -2.57. The van der Waals surface area contributed by atoms with E-state index in [2.05, 4.69) is 10.6 Å². The summed E-state index contributed by atoms with van der Waals surface area (Å²) in [4.78, 5) is 22.9. The van der Waals surface area contributed by atoms with Crippen molar-refractivity contribution < 1.29 is 19.4 Å². The van der Waals surface area contributed by atoms with Gasteiger partial charge in [0.15, 0.2) is 0 Å². The Morgan fingerprint density at radius 2 is 1.89 bits per heavy atom. The third-order valence-corrected chi connectivity index (χ3v) is 3.39. The Morgan fingerprint density at radius 1 is 1.32 bits per heavy atom. The van der Waals surface area contributed by atoms with Gasteiger partial charge in [-0.05, 0) is 26.7 Å². The summed E-state index contributed by atoms with van der Waals surface area (Å²) in [5, 5.41) is 14.6. The minimum atomic E-state index is -0.877. The van der Waals surface area contributed by atoms with Crippen LogP contribution in [0.2, 0.25) is 0 Å². The highest BCUT2D eigenvalue weighted by atomic mass is 16.5. The predicted octanol–water partition coefficient (Wildman–Crippen LogP) is 1.50. The number of hydrogen-bond acceptors (Lipinski definition) is 3. The molecule has 1 saturated carbocycles. The molecule has 1 fully saturated rings. The van der Waals surface area contributed by atoms with Crippen molar-refractivity contribution >= 4 is 12.0 Å². The minimum Gasteiger partial charge on any atom is -0.481 e. The molecule has 0 spiro atoms. The zero-order chi connectivity index (χ0) is 14.5. The Balaban J connectivity index is 2.60. The topological polar surface area (TPSA) is 87.7 Å². The van der Waals surface area contributed by atoms with Crippen LogP contribution >= 0.6 is 0 Å². The molecule has 0 aromatic carbocycles. The Hall–Kier alpha value is -1.30. The smallest absolute Gasteiger partial charge is 0.315 e. The van der Waals surface area contributed by atoms with Crippen LogP contribution in [-0.2, 0) is 9.53 Å². The molecule has 19 heavy (non-hydrogen) atoms. The van der Waals surface area contributed by atoms with Crippen LogP contribution in [0.1, 0.15) is 46.0 Å². The third kappa shape index (κ3) is 5.06. The van der Waals surface area contributed by atoms with E-state index in [1.807, 2.05) is 13.8 Å². The minimum absolute atomic E-state index is 0.0227. The molecule has 0 heterocycles. The fourth-order valence-electron chi connectivity index (χ4n) is 2.66. The molecule has 110 valence electrons. The van der Waals surface area contributed by atoms with E-state index in [-0.39, 0.29) is 12.5 Å². The Bertz CT molecular complexity index is 336. The molecule has 0 aliphatic heterocycles. The number of rotatable bonds is 6. The first-order valence-electron chi connectivity index (χ1n) is 6.60. The predicted molar refractivity (Wildman–Crippen MR) is 71.1 cm³/mol. The second kappa shape index (κ2) is 6.23.